The minimum atomic E-state index is -1.04. The van der Waals surface area contributed by atoms with Crippen molar-refractivity contribution in [1.29, 1.82) is 0 Å². The molecular formula is C13H12N2O2. The van der Waals surface area contributed by atoms with E-state index < -0.39 is 5.97 Å². The van der Waals surface area contributed by atoms with Crippen molar-refractivity contribution < 1.29 is 9.90 Å². The van der Waals surface area contributed by atoms with Gasteiger partial charge in [0, 0.05) is 11.3 Å². The summed E-state index contributed by atoms with van der Waals surface area (Å²) in [5.74, 6) is -0.587. The molecule has 0 atom stereocenters. The van der Waals surface area contributed by atoms with Crippen LogP contribution in [0.25, 0.3) is 11.4 Å². The third-order valence-corrected chi connectivity index (χ3v) is 2.35. The van der Waals surface area contributed by atoms with Gasteiger partial charge in [0.1, 0.15) is 0 Å². The summed E-state index contributed by atoms with van der Waals surface area (Å²) in [6, 6.07) is 9.13. The van der Waals surface area contributed by atoms with Gasteiger partial charge in [-0.25, -0.2) is 14.8 Å². The smallest absolute Gasteiger partial charge is 0.354 e. The lowest BCUT2D eigenvalue weighted by Crippen LogP contribution is -2.04. The van der Waals surface area contributed by atoms with Gasteiger partial charge in [-0.3, -0.25) is 0 Å². The maximum atomic E-state index is 10.9. The Balaban J connectivity index is 2.56. The maximum Gasteiger partial charge on any atom is 0.354 e. The van der Waals surface area contributed by atoms with Crippen LogP contribution >= 0.6 is 0 Å². The van der Waals surface area contributed by atoms with Crippen molar-refractivity contribution in [2.45, 2.75) is 13.8 Å². The van der Waals surface area contributed by atoms with Crippen LogP contribution < -0.4 is 0 Å². The van der Waals surface area contributed by atoms with Gasteiger partial charge in [0.05, 0.1) is 0 Å². The molecule has 1 N–H and O–H groups in total. The molecule has 0 aliphatic rings. The molecule has 0 bridgehead atoms. The fourth-order valence-corrected chi connectivity index (χ4v) is 1.59. The Morgan fingerprint density at radius 1 is 1.18 bits per heavy atom. The lowest BCUT2D eigenvalue weighted by atomic mass is 10.1. The quantitative estimate of drug-likeness (QED) is 0.857. The molecule has 2 rings (SSSR count). The third kappa shape index (κ3) is 2.47. The summed E-state index contributed by atoms with van der Waals surface area (Å²) in [5, 5.41) is 8.94. The fourth-order valence-electron chi connectivity index (χ4n) is 1.59. The predicted octanol–water partition coefficient (Wildman–Crippen LogP) is 2.46. The molecule has 0 saturated carbocycles. The Labute approximate surface area is 99.0 Å². The number of hydrogen-bond donors (Lipinski definition) is 1. The van der Waals surface area contributed by atoms with E-state index in [0.29, 0.717) is 11.5 Å². The highest BCUT2D eigenvalue weighted by atomic mass is 16.4. The second-order valence-electron chi connectivity index (χ2n) is 3.89. The Kier molecular flexibility index (Phi) is 2.87. The third-order valence-electron chi connectivity index (χ3n) is 2.35. The summed E-state index contributed by atoms with van der Waals surface area (Å²) in [6.07, 6.45) is 0. The zero-order chi connectivity index (χ0) is 12.4. The number of benzene rings is 1. The van der Waals surface area contributed by atoms with E-state index in [2.05, 4.69) is 9.97 Å². The molecule has 86 valence electrons. The highest BCUT2D eigenvalue weighted by Gasteiger charge is 2.09. The lowest BCUT2D eigenvalue weighted by Gasteiger charge is -2.04. The van der Waals surface area contributed by atoms with Crippen LogP contribution in [0.4, 0.5) is 0 Å². The van der Waals surface area contributed by atoms with E-state index in [0.717, 1.165) is 11.1 Å². The number of nitrogens with zero attached hydrogens (tertiary/aromatic N) is 2. The van der Waals surface area contributed by atoms with E-state index in [1.807, 2.05) is 31.2 Å². The van der Waals surface area contributed by atoms with Gasteiger partial charge in [-0.1, -0.05) is 23.8 Å². The second kappa shape index (κ2) is 4.33. The molecule has 0 fully saturated rings. The molecule has 1 heterocycles. The molecule has 2 aromatic rings. The highest BCUT2D eigenvalue weighted by Crippen LogP contribution is 2.17. The van der Waals surface area contributed by atoms with Gasteiger partial charge < -0.3 is 5.11 Å². The van der Waals surface area contributed by atoms with Crippen LogP contribution in [-0.2, 0) is 0 Å². The van der Waals surface area contributed by atoms with Crippen molar-refractivity contribution in [3.05, 3.63) is 47.3 Å². The largest absolute Gasteiger partial charge is 0.477 e. The van der Waals surface area contributed by atoms with Crippen LogP contribution in [0.2, 0.25) is 0 Å². The van der Waals surface area contributed by atoms with Crippen molar-refractivity contribution in [1.82, 2.24) is 9.97 Å². The van der Waals surface area contributed by atoms with E-state index in [-0.39, 0.29) is 5.69 Å². The van der Waals surface area contributed by atoms with Crippen LogP contribution in [0.3, 0.4) is 0 Å². The zero-order valence-electron chi connectivity index (χ0n) is 9.64. The molecule has 0 aliphatic carbocycles. The van der Waals surface area contributed by atoms with Crippen LogP contribution in [0.5, 0.6) is 0 Å². The zero-order valence-corrected chi connectivity index (χ0v) is 9.64. The number of aryl methyl sites for hydroxylation is 2. The SMILES string of the molecule is Cc1cccc(-c2nc(C)cc(C(=O)O)n2)c1. The molecule has 4 nitrogen and oxygen atoms in total. The van der Waals surface area contributed by atoms with Crippen LogP contribution in [-0.4, -0.2) is 21.0 Å². The predicted molar refractivity (Wildman–Crippen MR) is 63.9 cm³/mol. The molecule has 4 heteroatoms. The van der Waals surface area contributed by atoms with E-state index in [1.165, 1.54) is 6.07 Å². The molecule has 1 aromatic carbocycles. The van der Waals surface area contributed by atoms with Crippen molar-refractivity contribution in [2.75, 3.05) is 0 Å². The lowest BCUT2D eigenvalue weighted by molar-refractivity contribution is 0.0690. The van der Waals surface area contributed by atoms with Gasteiger partial charge in [-0.05, 0) is 26.0 Å². The van der Waals surface area contributed by atoms with Crippen LogP contribution in [0.1, 0.15) is 21.7 Å². The first-order chi connectivity index (χ1) is 8.06. The first kappa shape index (κ1) is 11.3. The van der Waals surface area contributed by atoms with E-state index in [4.69, 9.17) is 5.11 Å². The van der Waals surface area contributed by atoms with E-state index in [9.17, 15) is 4.79 Å². The Morgan fingerprint density at radius 3 is 2.59 bits per heavy atom. The number of carbonyl (C=O) groups is 1. The summed E-state index contributed by atoms with van der Waals surface area (Å²) in [7, 11) is 0. The molecule has 0 amide bonds. The second-order valence-corrected chi connectivity index (χ2v) is 3.89. The molecule has 0 unspecified atom stereocenters. The monoisotopic (exact) mass is 228 g/mol. The van der Waals surface area contributed by atoms with Gasteiger partial charge in [0.2, 0.25) is 0 Å². The fraction of sp³-hybridized carbons (Fsp3) is 0.154. The molecule has 17 heavy (non-hydrogen) atoms. The number of aromatic nitrogens is 2. The highest BCUT2D eigenvalue weighted by molar-refractivity contribution is 5.86. The van der Waals surface area contributed by atoms with Crippen LogP contribution in [0, 0.1) is 13.8 Å². The average molecular weight is 228 g/mol. The van der Waals surface area contributed by atoms with Crippen molar-refractivity contribution in [3.8, 4) is 11.4 Å². The number of carboxylic acids is 1. The van der Waals surface area contributed by atoms with E-state index in [1.54, 1.807) is 6.92 Å². The van der Waals surface area contributed by atoms with E-state index >= 15 is 0 Å². The Bertz CT molecular complexity index is 579. The molecule has 0 radical (unpaired) electrons. The Hall–Kier alpha value is -2.23. The molecule has 1 aromatic heterocycles. The minimum absolute atomic E-state index is 0.0222. The molecule has 0 aliphatic heterocycles. The van der Waals surface area contributed by atoms with Crippen molar-refractivity contribution >= 4 is 5.97 Å². The number of carboxylic acid groups (broad SMARTS) is 1. The first-order valence-corrected chi connectivity index (χ1v) is 5.22. The normalized spacial score (nSPS) is 10.2. The maximum absolute atomic E-state index is 10.9. The molecule has 0 spiro atoms. The van der Waals surface area contributed by atoms with Gasteiger partial charge in [0.15, 0.2) is 11.5 Å². The van der Waals surface area contributed by atoms with Gasteiger partial charge >= 0.3 is 5.97 Å². The topological polar surface area (TPSA) is 63.1 Å². The van der Waals surface area contributed by atoms with Gasteiger partial charge in [0.25, 0.3) is 0 Å². The van der Waals surface area contributed by atoms with Crippen molar-refractivity contribution in [2.24, 2.45) is 0 Å². The van der Waals surface area contributed by atoms with Gasteiger partial charge in [-0.15, -0.1) is 0 Å². The van der Waals surface area contributed by atoms with Crippen LogP contribution in [0.15, 0.2) is 30.3 Å². The Morgan fingerprint density at radius 2 is 1.94 bits per heavy atom. The summed E-state index contributed by atoms with van der Waals surface area (Å²) in [6.45, 7) is 3.73. The average Bonchev–Trinajstić information content (AvgIpc) is 2.28. The van der Waals surface area contributed by atoms with Crippen molar-refractivity contribution in [3.63, 3.8) is 0 Å². The molecular weight excluding hydrogens is 216 g/mol. The summed E-state index contributed by atoms with van der Waals surface area (Å²) in [5.41, 5.74) is 2.59. The number of hydrogen-bond acceptors (Lipinski definition) is 3. The summed E-state index contributed by atoms with van der Waals surface area (Å²) < 4.78 is 0. The minimum Gasteiger partial charge on any atom is -0.477 e. The number of rotatable bonds is 2. The first-order valence-electron chi connectivity index (χ1n) is 5.22. The standard InChI is InChI=1S/C13H12N2O2/c1-8-4-3-5-10(6-8)12-14-9(2)7-11(15-12)13(16)17/h3-7H,1-2H3,(H,16,17). The summed E-state index contributed by atoms with van der Waals surface area (Å²) >= 11 is 0. The van der Waals surface area contributed by atoms with Gasteiger partial charge in [-0.2, -0.15) is 0 Å². The summed E-state index contributed by atoms with van der Waals surface area (Å²) in [4.78, 5) is 19.2. The number of aromatic carboxylic acids is 1. The molecule has 0 saturated heterocycles.